The molecule has 0 fully saturated rings. The summed E-state index contributed by atoms with van der Waals surface area (Å²) in [5.41, 5.74) is 8.05. The molecule has 0 heterocycles. The molecule has 0 atom stereocenters. The monoisotopic (exact) mass is 268 g/mol. The number of benzene rings is 1. The van der Waals surface area contributed by atoms with Gasteiger partial charge in [-0.15, -0.1) is 0 Å². The molecule has 0 bridgehead atoms. The molecule has 0 saturated carbocycles. The highest BCUT2D eigenvalue weighted by Gasteiger charge is 2.01. The Morgan fingerprint density at radius 1 is 1.44 bits per heavy atom. The van der Waals surface area contributed by atoms with Gasteiger partial charge < -0.3 is 10.1 Å². The molecule has 1 amide bonds. The molecule has 1 N–H and O–H groups in total. The van der Waals surface area contributed by atoms with Crippen molar-refractivity contribution in [2.45, 2.75) is 6.42 Å². The van der Waals surface area contributed by atoms with Crippen molar-refractivity contribution in [2.75, 3.05) is 19.7 Å². The Morgan fingerprint density at radius 3 is 2.83 bits per heavy atom. The minimum absolute atomic E-state index is 0.0524. The molecule has 6 nitrogen and oxygen atoms in total. The number of nitrogens with zero attached hydrogens (tertiary/aromatic N) is 3. The van der Waals surface area contributed by atoms with E-state index in [0.29, 0.717) is 30.3 Å². The summed E-state index contributed by atoms with van der Waals surface area (Å²) in [5.74, 6) is 0.370. The van der Waals surface area contributed by atoms with Gasteiger partial charge in [0.1, 0.15) is 5.75 Å². The molecule has 96 valence electrons. The molecular formula is C11H13ClN4O2. The van der Waals surface area contributed by atoms with Crippen LogP contribution in [0, 0.1) is 0 Å². The van der Waals surface area contributed by atoms with E-state index >= 15 is 0 Å². The lowest BCUT2D eigenvalue weighted by atomic mass is 10.3. The van der Waals surface area contributed by atoms with Crippen molar-refractivity contribution in [3.05, 3.63) is 39.7 Å². The summed E-state index contributed by atoms with van der Waals surface area (Å²) in [6.45, 7) is 0.778. The van der Waals surface area contributed by atoms with Gasteiger partial charge in [0.05, 0.1) is 0 Å². The third-order valence-corrected chi connectivity index (χ3v) is 2.26. The van der Waals surface area contributed by atoms with E-state index in [9.17, 15) is 4.79 Å². The molecule has 1 aromatic rings. The van der Waals surface area contributed by atoms with E-state index in [2.05, 4.69) is 15.3 Å². The molecule has 0 aromatic heterocycles. The lowest BCUT2D eigenvalue weighted by molar-refractivity contribution is -0.123. The van der Waals surface area contributed by atoms with Crippen LogP contribution < -0.4 is 10.1 Å². The summed E-state index contributed by atoms with van der Waals surface area (Å²) < 4.78 is 5.25. The average molecular weight is 269 g/mol. The zero-order valence-electron chi connectivity index (χ0n) is 9.67. The molecule has 1 rings (SSSR count). The zero-order chi connectivity index (χ0) is 13.2. The molecule has 0 radical (unpaired) electrons. The second-order valence-electron chi connectivity index (χ2n) is 3.40. The number of azide groups is 1. The third-order valence-electron chi connectivity index (χ3n) is 2.00. The number of ether oxygens (including phenoxy) is 1. The van der Waals surface area contributed by atoms with E-state index < -0.39 is 0 Å². The predicted octanol–water partition coefficient (Wildman–Crippen LogP) is 2.54. The summed E-state index contributed by atoms with van der Waals surface area (Å²) >= 11 is 5.72. The van der Waals surface area contributed by atoms with Gasteiger partial charge in [0.15, 0.2) is 6.61 Å². The standard InChI is InChI=1S/C11H13ClN4O2/c12-9-2-4-10(5-3-9)18-8-11(17)14-6-1-7-15-16-13/h2-5H,1,6-8H2,(H,14,17). The van der Waals surface area contributed by atoms with Crippen molar-refractivity contribution in [1.82, 2.24) is 5.32 Å². The number of nitrogens with one attached hydrogen (secondary N) is 1. The van der Waals surface area contributed by atoms with Crippen molar-refractivity contribution in [3.8, 4) is 5.75 Å². The van der Waals surface area contributed by atoms with Crippen molar-refractivity contribution in [1.29, 1.82) is 0 Å². The molecule has 0 unspecified atom stereocenters. The zero-order valence-corrected chi connectivity index (χ0v) is 10.4. The fourth-order valence-electron chi connectivity index (χ4n) is 1.15. The summed E-state index contributed by atoms with van der Waals surface area (Å²) in [4.78, 5) is 14.0. The fraction of sp³-hybridized carbons (Fsp3) is 0.364. The van der Waals surface area contributed by atoms with Gasteiger partial charge in [-0.3, -0.25) is 4.79 Å². The van der Waals surface area contributed by atoms with Crippen LogP contribution in [-0.4, -0.2) is 25.6 Å². The predicted molar refractivity (Wildman–Crippen MR) is 68.6 cm³/mol. The van der Waals surface area contributed by atoms with Crippen LogP contribution in [0.15, 0.2) is 29.4 Å². The Hall–Kier alpha value is -1.91. The topological polar surface area (TPSA) is 87.1 Å². The van der Waals surface area contributed by atoms with Crippen LogP contribution in [0.25, 0.3) is 10.4 Å². The highest BCUT2D eigenvalue weighted by molar-refractivity contribution is 6.30. The first-order valence-corrected chi connectivity index (χ1v) is 5.76. The summed E-state index contributed by atoms with van der Waals surface area (Å²) in [5, 5.41) is 6.62. The molecular weight excluding hydrogens is 256 g/mol. The van der Waals surface area contributed by atoms with Gasteiger partial charge >= 0.3 is 0 Å². The SMILES string of the molecule is [N-]=[N+]=NCCCNC(=O)COc1ccc(Cl)cc1. The van der Waals surface area contributed by atoms with E-state index in [1.54, 1.807) is 24.3 Å². The molecule has 1 aromatic carbocycles. The normalized spacial score (nSPS) is 9.39. The van der Waals surface area contributed by atoms with Crippen LogP contribution in [0.2, 0.25) is 5.02 Å². The maximum atomic E-state index is 11.4. The Balaban J connectivity index is 2.16. The number of hydrogen-bond acceptors (Lipinski definition) is 3. The minimum atomic E-state index is -0.217. The van der Waals surface area contributed by atoms with Crippen molar-refractivity contribution < 1.29 is 9.53 Å². The molecule has 0 saturated heterocycles. The van der Waals surface area contributed by atoms with E-state index in [-0.39, 0.29) is 12.5 Å². The van der Waals surface area contributed by atoms with Crippen molar-refractivity contribution in [2.24, 2.45) is 5.11 Å². The summed E-state index contributed by atoms with van der Waals surface area (Å²) in [6.07, 6.45) is 0.608. The van der Waals surface area contributed by atoms with Gasteiger partial charge in [0, 0.05) is 23.0 Å². The first-order valence-electron chi connectivity index (χ1n) is 5.38. The van der Waals surface area contributed by atoms with Crippen LogP contribution in [0.1, 0.15) is 6.42 Å². The minimum Gasteiger partial charge on any atom is -0.484 e. The first-order chi connectivity index (χ1) is 8.72. The second-order valence-corrected chi connectivity index (χ2v) is 3.84. The van der Waals surface area contributed by atoms with Crippen LogP contribution in [0.5, 0.6) is 5.75 Å². The van der Waals surface area contributed by atoms with Gasteiger partial charge in [0.25, 0.3) is 5.91 Å². The Bertz CT molecular complexity index is 429. The number of hydrogen-bond donors (Lipinski definition) is 1. The Kier molecular flexibility index (Phi) is 6.46. The quantitative estimate of drug-likeness (QED) is 0.356. The van der Waals surface area contributed by atoms with Crippen molar-refractivity contribution in [3.63, 3.8) is 0 Å². The van der Waals surface area contributed by atoms with Gasteiger partial charge in [-0.05, 0) is 36.2 Å². The van der Waals surface area contributed by atoms with Gasteiger partial charge in [-0.1, -0.05) is 16.7 Å². The number of rotatable bonds is 7. The second kappa shape index (κ2) is 8.22. The van der Waals surface area contributed by atoms with Gasteiger partial charge in [0.2, 0.25) is 0 Å². The summed E-state index contributed by atoms with van der Waals surface area (Å²) in [7, 11) is 0. The van der Waals surface area contributed by atoms with Crippen LogP contribution in [0.3, 0.4) is 0 Å². The smallest absolute Gasteiger partial charge is 0.257 e. The van der Waals surface area contributed by atoms with E-state index in [1.807, 2.05) is 0 Å². The third kappa shape index (κ3) is 5.98. The molecule has 0 aliphatic heterocycles. The van der Waals surface area contributed by atoms with Gasteiger partial charge in [-0.2, -0.15) is 0 Å². The number of carbonyl (C=O) groups excluding carboxylic acids is 1. The fourth-order valence-corrected chi connectivity index (χ4v) is 1.28. The van der Waals surface area contributed by atoms with E-state index in [1.165, 1.54) is 0 Å². The maximum absolute atomic E-state index is 11.4. The number of halogens is 1. The number of carbonyl (C=O) groups is 1. The Labute approximate surface area is 110 Å². The Morgan fingerprint density at radius 2 is 2.17 bits per heavy atom. The molecule has 0 spiro atoms. The molecule has 0 aliphatic carbocycles. The van der Waals surface area contributed by atoms with E-state index in [0.717, 1.165) is 0 Å². The summed E-state index contributed by atoms with van der Waals surface area (Å²) in [6, 6.07) is 6.76. The van der Waals surface area contributed by atoms with Crippen molar-refractivity contribution >= 4 is 17.5 Å². The average Bonchev–Trinajstić information content (AvgIpc) is 2.38. The first kappa shape index (κ1) is 14.2. The maximum Gasteiger partial charge on any atom is 0.257 e. The lowest BCUT2D eigenvalue weighted by Gasteiger charge is -2.06. The highest BCUT2D eigenvalue weighted by Crippen LogP contribution is 2.15. The number of amides is 1. The van der Waals surface area contributed by atoms with Crippen LogP contribution in [-0.2, 0) is 4.79 Å². The molecule has 0 aliphatic rings. The van der Waals surface area contributed by atoms with E-state index in [4.69, 9.17) is 21.9 Å². The van der Waals surface area contributed by atoms with Crippen LogP contribution >= 0.6 is 11.6 Å². The van der Waals surface area contributed by atoms with Gasteiger partial charge in [-0.25, -0.2) is 0 Å². The molecule has 7 heteroatoms. The van der Waals surface area contributed by atoms with Crippen LogP contribution in [0.4, 0.5) is 0 Å². The largest absolute Gasteiger partial charge is 0.484 e. The lowest BCUT2D eigenvalue weighted by Crippen LogP contribution is -2.29. The molecule has 18 heavy (non-hydrogen) atoms. The highest BCUT2D eigenvalue weighted by atomic mass is 35.5.